The largest absolute Gasteiger partial charge is 0.484 e. The molecule has 2 amide bonds. The first-order valence-corrected chi connectivity index (χ1v) is 9.48. The van der Waals surface area contributed by atoms with E-state index in [4.69, 9.17) is 4.74 Å². The van der Waals surface area contributed by atoms with E-state index in [1.165, 1.54) is 11.0 Å². The summed E-state index contributed by atoms with van der Waals surface area (Å²) in [5.74, 6) is 0.362. The lowest BCUT2D eigenvalue weighted by molar-refractivity contribution is -0.132. The summed E-state index contributed by atoms with van der Waals surface area (Å²) in [7, 11) is 0. The number of carbonyl (C=O) groups is 2. The van der Waals surface area contributed by atoms with Gasteiger partial charge < -0.3 is 15.0 Å². The van der Waals surface area contributed by atoms with Gasteiger partial charge in [0.15, 0.2) is 6.61 Å². The standard InChI is InChI=1S/C20H22N2O3S/c1-15-7-8-18(26-15)9-10-19(23)21-16-5-4-6-17(13-16)25-14-20(24)22-11-2-3-12-22/h4-10,13H,2-3,11-12,14H2,1H3,(H,21,23). The molecule has 1 saturated heterocycles. The van der Waals surface area contributed by atoms with Gasteiger partial charge in [0.1, 0.15) is 5.75 Å². The first kappa shape index (κ1) is 18.2. The molecule has 6 heteroatoms. The molecule has 0 bridgehead atoms. The highest BCUT2D eigenvalue weighted by atomic mass is 32.1. The number of aryl methyl sites for hydroxylation is 1. The van der Waals surface area contributed by atoms with Gasteiger partial charge in [-0.1, -0.05) is 6.07 Å². The number of carbonyl (C=O) groups excluding carboxylic acids is 2. The lowest BCUT2D eigenvalue weighted by Crippen LogP contribution is -2.32. The van der Waals surface area contributed by atoms with Gasteiger partial charge in [-0.3, -0.25) is 9.59 Å². The van der Waals surface area contributed by atoms with Crippen LogP contribution in [0.1, 0.15) is 22.6 Å². The van der Waals surface area contributed by atoms with Gasteiger partial charge in [0, 0.05) is 40.7 Å². The number of benzene rings is 1. The summed E-state index contributed by atoms with van der Waals surface area (Å²) in [6, 6.07) is 11.1. The number of thiophene rings is 1. The van der Waals surface area contributed by atoms with Crippen molar-refractivity contribution in [2.24, 2.45) is 0 Å². The summed E-state index contributed by atoms with van der Waals surface area (Å²) < 4.78 is 5.58. The van der Waals surface area contributed by atoms with Crippen LogP contribution in [0.5, 0.6) is 5.75 Å². The van der Waals surface area contributed by atoms with Crippen molar-refractivity contribution < 1.29 is 14.3 Å². The minimum Gasteiger partial charge on any atom is -0.484 e. The van der Waals surface area contributed by atoms with E-state index in [1.807, 2.05) is 24.0 Å². The Bertz CT molecular complexity index is 807. The number of nitrogens with zero attached hydrogens (tertiary/aromatic N) is 1. The fourth-order valence-corrected chi connectivity index (χ4v) is 3.53. The maximum absolute atomic E-state index is 12.0. The van der Waals surface area contributed by atoms with Crippen molar-refractivity contribution in [1.29, 1.82) is 0 Å². The summed E-state index contributed by atoms with van der Waals surface area (Å²) in [4.78, 5) is 28.1. The van der Waals surface area contributed by atoms with Crippen molar-refractivity contribution in [1.82, 2.24) is 4.90 Å². The second-order valence-corrected chi connectivity index (χ2v) is 7.49. The Morgan fingerprint density at radius 3 is 2.77 bits per heavy atom. The molecule has 1 aromatic carbocycles. The van der Waals surface area contributed by atoms with E-state index in [0.717, 1.165) is 30.8 Å². The van der Waals surface area contributed by atoms with Gasteiger partial charge >= 0.3 is 0 Å². The molecule has 3 rings (SSSR count). The molecule has 1 N–H and O–H groups in total. The van der Waals surface area contributed by atoms with Gasteiger partial charge in [-0.2, -0.15) is 0 Å². The van der Waals surface area contributed by atoms with Gasteiger partial charge in [-0.25, -0.2) is 0 Å². The molecule has 1 aromatic heterocycles. The smallest absolute Gasteiger partial charge is 0.260 e. The first-order valence-electron chi connectivity index (χ1n) is 8.66. The number of rotatable bonds is 6. The first-order chi connectivity index (χ1) is 12.6. The number of ether oxygens (including phenoxy) is 1. The molecule has 0 unspecified atom stereocenters. The fraction of sp³-hybridized carbons (Fsp3) is 0.300. The normalized spacial score (nSPS) is 14.0. The lowest BCUT2D eigenvalue weighted by Gasteiger charge is -2.15. The Labute approximate surface area is 157 Å². The van der Waals surface area contributed by atoms with Gasteiger partial charge in [0.05, 0.1) is 0 Å². The zero-order valence-electron chi connectivity index (χ0n) is 14.7. The van der Waals surface area contributed by atoms with E-state index in [1.54, 1.807) is 41.7 Å². The van der Waals surface area contributed by atoms with Crippen molar-refractivity contribution in [3.63, 3.8) is 0 Å². The Morgan fingerprint density at radius 2 is 2.04 bits per heavy atom. The van der Waals surface area contributed by atoms with Crippen LogP contribution >= 0.6 is 11.3 Å². The van der Waals surface area contributed by atoms with E-state index in [-0.39, 0.29) is 18.4 Å². The SMILES string of the molecule is Cc1ccc(C=CC(=O)Nc2cccc(OCC(=O)N3CCCC3)c2)s1. The molecule has 1 aliphatic rings. The number of likely N-dealkylation sites (tertiary alicyclic amines) is 1. The predicted molar refractivity (Wildman–Crippen MR) is 104 cm³/mol. The molecule has 0 atom stereocenters. The maximum atomic E-state index is 12.0. The highest BCUT2D eigenvalue weighted by Gasteiger charge is 2.18. The Morgan fingerprint density at radius 1 is 1.23 bits per heavy atom. The molecule has 26 heavy (non-hydrogen) atoms. The highest BCUT2D eigenvalue weighted by Crippen LogP contribution is 2.19. The summed E-state index contributed by atoms with van der Waals surface area (Å²) in [6.07, 6.45) is 5.43. The van der Waals surface area contributed by atoms with Crippen LogP contribution in [-0.2, 0) is 9.59 Å². The molecule has 0 saturated carbocycles. The van der Waals surface area contributed by atoms with Crippen molar-refractivity contribution in [3.05, 3.63) is 52.2 Å². The van der Waals surface area contributed by atoms with Crippen molar-refractivity contribution in [2.45, 2.75) is 19.8 Å². The number of hydrogen-bond donors (Lipinski definition) is 1. The van der Waals surface area contributed by atoms with Crippen LogP contribution in [0.4, 0.5) is 5.69 Å². The van der Waals surface area contributed by atoms with Gasteiger partial charge in [0.2, 0.25) is 5.91 Å². The average Bonchev–Trinajstić information content (AvgIpc) is 3.30. The third kappa shape index (κ3) is 5.20. The van der Waals surface area contributed by atoms with Crippen LogP contribution in [0.25, 0.3) is 6.08 Å². The molecule has 2 heterocycles. The Hall–Kier alpha value is -2.60. The molecule has 0 radical (unpaired) electrons. The molecule has 2 aromatic rings. The monoisotopic (exact) mass is 370 g/mol. The number of nitrogens with one attached hydrogen (secondary N) is 1. The molecule has 5 nitrogen and oxygen atoms in total. The zero-order chi connectivity index (χ0) is 18.4. The minimum atomic E-state index is -0.207. The summed E-state index contributed by atoms with van der Waals surface area (Å²) >= 11 is 1.64. The van der Waals surface area contributed by atoms with E-state index >= 15 is 0 Å². The molecule has 136 valence electrons. The Kier molecular flexibility index (Phi) is 6.07. The molecule has 1 fully saturated rings. The van der Waals surface area contributed by atoms with E-state index in [9.17, 15) is 9.59 Å². The summed E-state index contributed by atoms with van der Waals surface area (Å²) in [5.41, 5.74) is 0.633. The average molecular weight is 370 g/mol. The zero-order valence-corrected chi connectivity index (χ0v) is 15.6. The predicted octanol–water partition coefficient (Wildman–Crippen LogP) is 3.71. The maximum Gasteiger partial charge on any atom is 0.260 e. The lowest BCUT2D eigenvalue weighted by atomic mass is 10.3. The van der Waals surface area contributed by atoms with E-state index in [2.05, 4.69) is 5.32 Å². The number of amides is 2. The third-order valence-electron chi connectivity index (χ3n) is 4.08. The van der Waals surface area contributed by atoms with Gasteiger partial charge in [0.25, 0.3) is 5.91 Å². The topological polar surface area (TPSA) is 58.6 Å². The molecule has 0 aliphatic carbocycles. The van der Waals surface area contributed by atoms with Crippen LogP contribution in [0.2, 0.25) is 0 Å². The fourth-order valence-electron chi connectivity index (χ4n) is 2.75. The van der Waals surface area contributed by atoms with Crippen molar-refractivity contribution in [3.8, 4) is 5.75 Å². The van der Waals surface area contributed by atoms with Gasteiger partial charge in [-0.15, -0.1) is 11.3 Å². The van der Waals surface area contributed by atoms with Crippen LogP contribution in [0, 0.1) is 6.92 Å². The summed E-state index contributed by atoms with van der Waals surface area (Å²) in [5, 5.41) is 2.81. The van der Waals surface area contributed by atoms with Crippen LogP contribution in [-0.4, -0.2) is 36.4 Å². The van der Waals surface area contributed by atoms with Crippen LogP contribution in [0.15, 0.2) is 42.5 Å². The molecular weight excluding hydrogens is 348 g/mol. The summed E-state index contributed by atoms with van der Waals surface area (Å²) in [6.45, 7) is 3.68. The minimum absolute atomic E-state index is 0.00566. The second-order valence-electron chi connectivity index (χ2n) is 6.18. The molecule has 1 aliphatic heterocycles. The highest BCUT2D eigenvalue weighted by molar-refractivity contribution is 7.12. The van der Waals surface area contributed by atoms with E-state index < -0.39 is 0 Å². The Balaban J connectivity index is 1.52. The number of hydrogen-bond acceptors (Lipinski definition) is 4. The molecular formula is C20H22N2O3S. The van der Waals surface area contributed by atoms with Crippen molar-refractivity contribution >= 4 is 34.9 Å². The van der Waals surface area contributed by atoms with Gasteiger partial charge in [-0.05, 0) is 50.1 Å². The molecule has 0 spiro atoms. The quantitative estimate of drug-likeness (QED) is 0.789. The van der Waals surface area contributed by atoms with Crippen LogP contribution in [0.3, 0.4) is 0 Å². The second kappa shape index (κ2) is 8.67. The van der Waals surface area contributed by atoms with Crippen molar-refractivity contribution in [2.75, 3.05) is 25.0 Å². The van der Waals surface area contributed by atoms with E-state index in [0.29, 0.717) is 11.4 Å². The van der Waals surface area contributed by atoms with Crippen LogP contribution < -0.4 is 10.1 Å². The number of anilines is 1. The third-order valence-corrected chi connectivity index (χ3v) is 5.05.